The molecule has 1 aliphatic heterocycles. The maximum absolute atomic E-state index is 13.7. The summed E-state index contributed by atoms with van der Waals surface area (Å²) in [6.45, 7) is 5.09. The summed E-state index contributed by atoms with van der Waals surface area (Å²) >= 11 is 0. The Morgan fingerprint density at radius 1 is 1.09 bits per heavy atom. The fourth-order valence-electron chi connectivity index (χ4n) is 4.45. The van der Waals surface area contributed by atoms with Crippen molar-refractivity contribution >= 4 is 16.0 Å². The maximum Gasteiger partial charge on any atom is 0.211 e. The fourth-order valence-corrected chi connectivity index (χ4v) is 5.36. The van der Waals surface area contributed by atoms with Gasteiger partial charge in [-0.15, -0.1) is 0 Å². The summed E-state index contributed by atoms with van der Waals surface area (Å²) in [5, 5.41) is 0. The van der Waals surface area contributed by atoms with Crippen LogP contribution in [0.3, 0.4) is 0 Å². The highest BCUT2D eigenvalue weighted by Crippen LogP contribution is 2.29. The second kappa shape index (κ2) is 9.61. The Balaban J connectivity index is 1.67. The number of nitrogens with zero attached hydrogens (tertiary/aromatic N) is 3. The highest BCUT2D eigenvalue weighted by Gasteiger charge is 2.38. The molecule has 9 heteroatoms. The topological polar surface area (TPSA) is 67.2 Å². The van der Waals surface area contributed by atoms with E-state index in [1.54, 1.807) is 13.1 Å². The quantitative estimate of drug-likeness (QED) is 0.536. The number of sulfonamides is 1. The van der Waals surface area contributed by atoms with Gasteiger partial charge in [0.05, 0.1) is 11.8 Å². The van der Waals surface area contributed by atoms with Crippen molar-refractivity contribution in [2.75, 3.05) is 17.2 Å². The summed E-state index contributed by atoms with van der Waals surface area (Å²) in [5.74, 6) is -0.430. The van der Waals surface area contributed by atoms with Crippen molar-refractivity contribution < 1.29 is 17.2 Å². The van der Waals surface area contributed by atoms with E-state index in [9.17, 15) is 17.2 Å². The highest BCUT2D eigenvalue weighted by atomic mass is 32.2. The van der Waals surface area contributed by atoms with Crippen molar-refractivity contribution in [3.05, 3.63) is 72.1 Å². The van der Waals surface area contributed by atoms with Gasteiger partial charge in [0.1, 0.15) is 11.6 Å². The van der Waals surface area contributed by atoms with E-state index in [1.165, 1.54) is 12.1 Å². The molecule has 1 N–H and O–H groups in total. The van der Waals surface area contributed by atoms with Gasteiger partial charge >= 0.3 is 0 Å². The Bertz CT molecular complexity index is 1210. The number of hydrogen-bond acceptors (Lipinski definition) is 4. The summed E-state index contributed by atoms with van der Waals surface area (Å²) in [7, 11) is -3.38. The van der Waals surface area contributed by atoms with E-state index >= 15 is 0 Å². The van der Waals surface area contributed by atoms with Crippen LogP contribution in [0.15, 0.2) is 54.9 Å². The third-order valence-corrected chi connectivity index (χ3v) is 7.54. The van der Waals surface area contributed by atoms with Gasteiger partial charge in [-0.05, 0) is 55.5 Å². The van der Waals surface area contributed by atoms with E-state index in [0.29, 0.717) is 30.5 Å². The van der Waals surface area contributed by atoms with E-state index in [-0.39, 0.29) is 17.8 Å². The van der Waals surface area contributed by atoms with Gasteiger partial charge in [-0.1, -0.05) is 24.3 Å². The molecule has 1 saturated heterocycles. The van der Waals surface area contributed by atoms with Crippen LogP contribution in [0.2, 0.25) is 0 Å². The average molecular weight is 475 g/mol. The third kappa shape index (κ3) is 5.25. The molecule has 0 amide bonds. The lowest BCUT2D eigenvalue weighted by atomic mass is 9.97. The molecule has 0 spiro atoms. The Labute approximate surface area is 193 Å². The first-order valence-electron chi connectivity index (χ1n) is 11.1. The minimum Gasteiger partial charge on any atom is -0.337 e. The first-order valence-corrected chi connectivity index (χ1v) is 12.8. The molecule has 1 aromatic heterocycles. The van der Waals surface area contributed by atoms with Crippen molar-refractivity contribution in [2.24, 2.45) is 0 Å². The number of nitrogens with one attached hydrogen (secondary N) is 1. The third-order valence-electron chi connectivity index (χ3n) is 6.12. The number of hydrogen-bond donors (Lipinski definition) is 1. The van der Waals surface area contributed by atoms with Crippen molar-refractivity contribution in [3.8, 4) is 11.1 Å². The first kappa shape index (κ1) is 23.4. The lowest BCUT2D eigenvalue weighted by Crippen LogP contribution is -2.47. The molecular weight excluding hydrogens is 446 g/mol. The molecular formula is C24H28F2N4O2S. The van der Waals surface area contributed by atoms with Crippen LogP contribution >= 0.6 is 0 Å². The Kier molecular flexibility index (Phi) is 6.81. The number of aromatic nitrogens is 2. The number of anilines is 1. The van der Waals surface area contributed by atoms with Crippen LogP contribution in [0.4, 0.5) is 14.7 Å². The van der Waals surface area contributed by atoms with Crippen molar-refractivity contribution in [1.82, 2.24) is 14.3 Å². The lowest BCUT2D eigenvalue weighted by molar-refractivity contribution is 0.508. The second-order valence-corrected chi connectivity index (χ2v) is 10.3. The predicted molar refractivity (Wildman–Crippen MR) is 126 cm³/mol. The molecule has 1 fully saturated rings. The monoisotopic (exact) mass is 474 g/mol. The Morgan fingerprint density at radius 2 is 1.85 bits per heavy atom. The average Bonchev–Trinajstić information content (AvgIpc) is 3.40. The smallest absolute Gasteiger partial charge is 0.211 e. The number of halogens is 2. The molecule has 2 atom stereocenters. The molecule has 0 saturated carbocycles. The number of aryl methyl sites for hydroxylation is 1. The largest absolute Gasteiger partial charge is 0.337 e. The van der Waals surface area contributed by atoms with Crippen LogP contribution < -0.4 is 9.62 Å². The molecule has 4 rings (SSSR count). The van der Waals surface area contributed by atoms with E-state index in [0.717, 1.165) is 24.1 Å². The Morgan fingerprint density at radius 3 is 2.55 bits per heavy atom. The van der Waals surface area contributed by atoms with Crippen molar-refractivity contribution in [3.63, 3.8) is 0 Å². The van der Waals surface area contributed by atoms with Crippen LogP contribution in [0.5, 0.6) is 0 Å². The molecule has 0 bridgehead atoms. The summed E-state index contributed by atoms with van der Waals surface area (Å²) in [6, 6.07) is 10.6. The normalized spacial score (nSPS) is 18.7. The minimum absolute atomic E-state index is 0.0143. The van der Waals surface area contributed by atoms with Gasteiger partial charge < -0.3 is 9.47 Å². The van der Waals surface area contributed by atoms with Gasteiger partial charge in [0.15, 0.2) is 0 Å². The van der Waals surface area contributed by atoms with E-state index in [1.807, 2.05) is 42.0 Å². The highest BCUT2D eigenvalue weighted by molar-refractivity contribution is 7.89. The number of rotatable bonds is 8. The van der Waals surface area contributed by atoms with Gasteiger partial charge in [-0.2, -0.15) is 0 Å². The zero-order valence-electron chi connectivity index (χ0n) is 18.7. The van der Waals surface area contributed by atoms with Crippen molar-refractivity contribution in [1.29, 1.82) is 0 Å². The number of imidazole rings is 1. The molecule has 6 nitrogen and oxygen atoms in total. The molecule has 2 heterocycles. The van der Waals surface area contributed by atoms with Crippen molar-refractivity contribution in [2.45, 2.75) is 45.3 Å². The lowest BCUT2D eigenvalue weighted by Gasteiger charge is -2.30. The predicted octanol–water partition coefficient (Wildman–Crippen LogP) is 3.98. The van der Waals surface area contributed by atoms with Crippen LogP contribution in [0.1, 0.15) is 25.8 Å². The maximum atomic E-state index is 13.7. The Hall–Kier alpha value is -2.78. The zero-order chi connectivity index (χ0) is 23.6. The molecule has 3 aromatic rings. The van der Waals surface area contributed by atoms with Gasteiger partial charge in [-0.25, -0.2) is 26.9 Å². The van der Waals surface area contributed by atoms with Crippen LogP contribution in [-0.4, -0.2) is 42.4 Å². The van der Waals surface area contributed by atoms with Gasteiger partial charge in [0, 0.05) is 37.6 Å². The molecule has 0 unspecified atom stereocenters. The summed E-state index contributed by atoms with van der Waals surface area (Å²) in [4.78, 5) is 6.68. The summed E-state index contributed by atoms with van der Waals surface area (Å²) in [6.07, 6.45) is 4.88. The molecule has 1 aliphatic rings. The van der Waals surface area contributed by atoms with Gasteiger partial charge in [-0.3, -0.25) is 0 Å². The minimum atomic E-state index is -3.38. The number of benzene rings is 2. The molecule has 176 valence electrons. The molecule has 0 aliphatic carbocycles. The summed E-state index contributed by atoms with van der Waals surface area (Å²) < 4.78 is 57.1. The van der Waals surface area contributed by atoms with Crippen LogP contribution in [-0.2, 0) is 23.0 Å². The molecule has 0 radical (unpaired) electrons. The van der Waals surface area contributed by atoms with Gasteiger partial charge in [0.2, 0.25) is 16.0 Å². The van der Waals surface area contributed by atoms with Crippen LogP contribution in [0.25, 0.3) is 11.1 Å². The zero-order valence-corrected chi connectivity index (χ0v) is 19.5. The molecule has 33 heavy (non-hydrogen) atoms. The first-order chi connectivity index (χ1) is 15.8. The SMILES string of the molecule is CCn1ccnc1N1CC[C@H](NS(=O)(=O)CC)[C@@H]1Cc1cccc(-c2cc(F)cc(F)c2)c1. The standard InChI is InChI=1S/C24H28F2N4O2S/c1-3-29-11-9-27-24(29)30-10-8-22(28-33(31,32)4-2)23(30)13-17-6-5-7-18(12-17)19-14-20(25)16-21(26)15-19/h5-7,9,11-12,14-16,22-23,28H,3-4,8,10,13H2,1-2H3/t22-,23-/m0/s1. The second-order valence-electron chi connectivity index (χ2n) is 8.25. The summed E-state index contributed by atoms with van der Waals surface area (Å²) in [5.41, 5.74) is 2.11. The molecule has 2 aromatic carbocycles. The van der Waals surface area contributed by atoms with Gasteiger partial charge in [0.25, 0.3) is 0 Å². The van der Waals surface area contributed by atoms with E-state index in [2.05, 4.69) is 14.6 Å². The van der Waals surface area contributed by atoms with E-state index in [4.69, 9.17) is 0 Å². The van der Waals surface area contributed by atoms with E-state index < -0.39 is 21.7 Å². The fraction of sp³-hybridized carbons (Fsp3) is 0.375. The van der Waals surface area contributed by atoms with Crippen LogP contribution in [0, 0.1) is 11.6 Å².